The molecule has 100 valence electrons. The first-order valence-corrected chi connectivity index (χ1v) is 6.02. The minimum absolute atomic E-state index is 0.278. The van der Waals surface area contributed by atoms with Gasteiger partial charge in [0.25, 0.3) is 0 Å². The van der Waals surface area contributed by atoms with Gasteiger partial charge in [-0.05, 0) is 6.92 Å². The Morgan fingerprint density at radius 1 is 1.32 bits per heavy atom. The highest BCUT2D eigenvalue weighted by Gasteiger charge is 2.25. The summed E-state index contributed by atoms with van der Waals surface area (Å²) >= 11 is 0. The molecular weight excluding hydrogens is 244 g/mol. The molecule has 0 spiro atoms. The number of hydrogen-bond acceptors (Lipinski definition) is 4. The summed E-state index contributed by atoms with van der Waals surface area (Å²) < 4.78 is 11.9. The van der Waals surface area contributed by atoms with Crippen LogP contribution < -0.4 is 4.74 Å². The molecule has 0 unspecified atom stereocenters. The fourth-order valence-corrected chi connectivity index (χ4v) is 1.96. The van der Waals surface area contributed by atoms with Gasteiger partial charge >= 0.3 is 5.97 Å². The predicted molar refractivity (Wildman–Crippen MR) is 71.2 cm³/mol. The number of carbonyl (C=O) groups excluding carboxylic acids is 1. The molecule has 1 aromatic carbocycles. The highest BCUT2D eigenvalue weighted by atomic mass is 16.5. The Morgan fingerprint density at radius 2 is 2.00 bits per heavy atom. The van der Waals surface area contributed by atoms with Gasteiger partial charge in [0.15, 0.2) is 0 Å². The lowest BCUT2D eigenvalue weighted by molar-refractivity contribution is 0.0523. The van der Waals surface area contributed by atoms with Crippen LogP contribution in [-0.4, -0.2) is 29.5 Å². The Morgan fingerprint density at radius 3 is 2.58 bits per heavy atom. The minimum Gasteiger partial charge on any atom is -0.479 e. The van der Waals surface area contributed by atoms with Crippen LogP contribution in [0.2, 0.25) is 0 Å². The summed E-state index contributed by atoms with van der Waals surface area (Å²) in [4.78, 5) is 12.1. The molecule has 19 heavy (non-hydrogen) atoms. The maximum absolute atomic E-state index is 12.1. The predicted octanol–water partition coefficient (Wildman–Crippen LogP) is 2.27. The summed E-state index contributed by atoms with van der Waals surface area (Å²) in [6.45, 7) is 2.08. The van der Waals surface area contributed by atoms with Crippen molar-refractivity contribution in [3.63, 3.8) is 0 Å². The summed E-state index contributed by atoms with van der Waals surface area (Å²) in [5, 5.41) is 4.20. The van der Waals surface area contributed by atoms with E-state index in [2.05, 4.69) is 5.10 Å². The molecule has 0 amide bonds. The summed E-state index contributed by atoms with van der Waals surface area (Å²) in [7, 11) is 3.26. The summed E-state index contributed by atoms with van der Waals surface area (Å²) in [6.07, 6.45) is 0. The lowest BCUT2D eigenvalue weighted by atomic mass is 10.1. The minimum atomic E-state index is -0.425. The van der Waals surface area contributed by atoms with E-state index >= 15 is 0 Å². The van der Waals surface area contributed by atoms with Gasteiger partial charge in [0.2, 0.25) is 5.88 Å². The average molecular weight is 260 g/mol. The Hall–Kier alpha value is -2.30. The number of hydrogen-bond donors (Lipinski definition) is 0. The van der Waals surface area contributed by atoms with Crippen LogP contribution in [0.1, 0.15) is 17.3 Å². The second-order valence-corrected chi connectivity index (χ2v) is 3.94. The molecular formula is C14H16N2O3. The van der Waals surface area contributed by atoms with Crippen LogP contribution >= 0.6 is 0 Å². The first kappa shape index (κ1) is 13.1. The zero-order valence-electron chi connectivity index (χ0n) is 11.2. The first-order valence-electron chi connectivity index (χ1n) is 6.02. The normalized spacial score (nSPS) is 10.3. The van der Waals surface area contributed by atoms with E-state index in [9.17, 15) is 4.79 Å². The molecule has 0 aliphatic rings. The van der Waals surface area contributed by atoms with Gasteiger partial charge in [-0.15, -0.1) is 5.10 Å². The first-order chi connectivity index (χ1) is 9.19. The number of carbonyl (C=O) groups is 1. The van der Waals surface area contributed by atoms with E-state index in [4.69, 9.17) is 9.47 Å². The maximum atomic E-state index is 12.1. The van der Waals surface area contributed by atoms with Crippen molar-refractivity contribution >= 4 is 5.97 Å². The zero-order valence-corrected chi connectivity index (χ0v) is 11.2. The zero-order chi connectivity index (χ0) is 13.8. The topological polar surface area (TPSA) is 53.4 Å². The molecule has 2 aromatic rings. The van der Waals surface area contributed by atoms with E-state index in [1.165, 1.54) is 7.11 Å². The van der Waals surface area contributed by atoms with Crippen molar-refractivity contribution in [2.24, 2.45) is 7.05 Å². The van der Waals surface area contributed by atoms with Crippen LogP contribution in [0.15, 0.2) is 30.3 Å². The number of rotatable bonds is 4. The Bertz CT molecular complexity index is 576. The molecule has 0 aliphatic carbocycles. The van der Waals surface area contributed by atoms with Gasteiger partial charge in [-0.3, -0.25) is 4.68 Å². The van der Waals surface area contributed by atoms with Crippen molar-refractivity contribution < 1.29 is 14.3 Å². The Labute approximate surface area is 111 Å². The summed E-state index contributed by atoms with van der Waals surface area (Å²) in [5.74, 6) is -0.147. The average Bonchev–Trinajstić information content (AvgIpc) is 2.77. The number of benzene rings is 1. The highest BCUT2D eigenvalue weighted by molar-refractivity contribution is 5.98. The van der Waals surface area contributed by atoms with Gasteiger partial charge in [0.1, 0.15) is 5.56 Å². The van der Waals surface area contributed by atoms with Crippen molar-refractivity contribution in [3.05, 3.63) is 35.9 Å². The quantitative estimate of drug-likeness (QED) is 0.791. The molecule has 0 aliphatic heterocycles. The van der Waals surface area contributed by atoms with E-state index in [1.807, 2.05) is 30.3 Å². The number of nitrogens with zero attached hydrogens (tertiary/aromatic N) is 2. The van der Waals surface area contributed by atoms with Gasteiger partial charge in [-0.25, -0.2) is 4.79 Å². The maximum Gasteiger partial charge on any atom is 0.345 e. The van der Waals surface area contributed by atoms with Gasteiger partial charge in [0, 0.05) is 12.6 Å². The second-order valence-electron chi connectivity index (χ2n) is 3.94. The Balaban J connectivity index is 2.59. The number of ether oxygens (including phenoxy) is 2. The van der Waals surface area contributed by atoms with E-state index < -0.39 is 5.97 Å². The SMILES string of the molecule is CCOC(=O)c1c(OC)nn(C)c1-c1ccccc1. The standard InChI is InChI=1S/C14H16N2O3/c1-4-19-14(17)11-12(10-8-6-5-7-9-10)16(2)15-13(11)18-3/h5-9H,4H2,1-3H3. The number of aromatic nitrogens is 2. The molecule has 1 aromatic heterocycles. The van der Waals surface area contributed by atoms with Crippen molar-refractivity contribution in [1.29, 1.82) is 0 Å². The van der Waals surface area contributed by atoms with E-state index in [0.717, 1.165) is 5.56 Å². The smallest absolute Gasteiger partial charge is 0.345 e. The highest BCUT2D eigenvalue weighted by Crippen LogP contribution is 2.30. The largest absolute Gasteiger partial charge is 0.479 e. The lowest BCUT2D eigenvalue weighted by Crippen LogP contribution is -2.07. The molecule has 5 nitrogen and oxygen atoms in total. The molecule has 0 N–H and O–H groups in total. The molecule has 0 fully saturated rings. The molecule has 5 heteroatoms. The molecule has 0 atom stereocenters. The van der Waals surface area contributed by atoms with E-state index in [-0.39, 0.29) is 5.88 Å². The molecule has 0 saturated carbocycles. The third-order valence-electron chi connectivity index (χ3n) is 2.74. The van der Waals surface area contributed by atoms with Gasteiger partial charge < -0.3 is 9.47 Å². The number of methoxy groups -OCH3 is 1. The van der Waals surface area contributed by atoms with Crippen LogP contribution in [0.5, 0.6) is 5.88 Å². The Kier molecular flexibility index (Phi) is 3.85. The van der Waals surface area contributed by atoms with Gasteiger partial charge in [0.05, 0.1) is 19.4 Å². The fraction of sp³-hybridized carbons (Fsp3) is 0.286. The third-order valence-corrected chi connectivity index (χ3v) is 2.74. The van der Waals surface area contributed by atoms with Crippen molar-refractivity contribution in [2.45, 2.75) is 6.92 Å². The van der Waals surface area contributed by atoms with Gasteiger partial charge in [-0.1, -0.05) is 30.3 Å². The van der Waals surface area contributed by atoms with Crippen LogP contribution in [0.4, 0.5) is 0 Å². The summed E-state index contributed by atoms with van der Waals surface area (Å²) in [6, 6.07) is 9.56. The number of aryl methyl sites for hydroxylation is 1. The van der Waals surface area contributed by atoms with Gasteiger partial charge in [-0.2, -0.15) is 0 Å². The fourth-order valence-electron chi connectivity index (χ4n) is 1.96. The molecule has 1 heterocycles. The second kappa shape index (κ2) is 5.56. The number of esters is 1. The summed E-state index contributed by atoms with van der Waals surface area (Å²) in [5.41, 5.74) is 1.94. The van der Waals surface area contributed by atoms with Crippen LogP contribution in [0.25, 0.3) is 11.3 Å². The van der Waals surface area contributed by atoms with Crippen molar-refractivity contribution in [1.82, 2.24) is 9.78 Å². The van der Waals surface area contributed by atoms with E-state index in [0.29, 0.717) is 17.9 Å². The monoisotopic (exact) mass is 260 g/mol. The van der Waals surface area contributed by atoms with Crippen LogP contribution in [0.3, 0.4) is 0 Å². The van der Waals surface area contributed by atoms with Crippen molar-refractivity contribution in [2.75, 3.05) is 13.7 Å². The molecule has 0 bridgehead atoms. The van der Waals surface area contributed by atoms with Crippen molar-refractivity contribution in [3.8, 4) is 17.1 Å². The van der Waals surface area contributed by atoms with Crippen LogP contribution in [0, 0.1) is 0 Å². The van der Waals surface area contributed by atoms with E-state index in [1.54, 1.807) is 18.7 Å². The van der Waals surface area contributed by atoms with Crippen LogP contribution in [-0.2, 0) is 11.8 Å². The molecule has 2 rings (SSSR count). The lowest BCUT2D eigenvalue weighted by Gasteiger charge is -2.06. The third kappa shape index (κ3) is 2.45. The molecule has 0 saturated heterocycles. The molecule has 0 radical (unpaired) electrons.